The number of carbonyl (C=O) groups excluding carboxylic acids is 1. The number of nitrogens with zero attached hydrogens (tertiary/aromatic N) is 4. The number of ether oxygens (including phenoxy) is 2. The Bertz CT molecular complexity index is 1470. The topological polar surface area (TPSA) is 92.4 Å². The van der Waals surface area contributed by atoms with E-state index in [1.165, 1.54) is 0 Å². The largest absolute Gasteiger partial charge is 0.454 e. The Kier molecular flexibility index (Phi) is 5.51. The predicted octanol–water partition coefficient (Wildman–Crippen LogP) is 4.96. The average molecular weight is 478 g/mol. The van der Waals surface area contributed by atoms with E-state index in [9.17, 15) is 4.79 Å². The first-order valence-electron chi connectivity index (χ1n) is 11.8. The van der Waals surface area contributed by atoms with Gasteiger partial charge in [-0.2, -0.15) is 10.4 Å². The number of nitrogens with one attached hydrogen (secondary N) is 1. The summed E-state index contributed by atoms with van der Waals surface area (Å²) in [6.07, 6.45) is 1.81. The minimum Gasteiger partial charge on any atom is -0.454 e. The fourth-order valence-corrected chi connectivity index (χ4v) is 4.67. The smallest absolute Gasteiger partial charge is 0.258 e. The second-order valence-corrected chi connectivity index (χ2v) is 8.68. The van der Waals surface area contributed by atoms with Crippen LogP contribution >= 0.6 is 0 Å². The van der Waals surface area contributed by atoms with Crippen LogP contribution in [0.2, 0.25) is 0 Å². The molecular weight excluding hydrogens is 454 g/mol. The van der Waals surface area contributed by atoms with Crippen molar-refractivity contribution < 1.29 is 14.3 Å². The summed E-state index contributed by atoms with van der Waals surface area (Å²) in [7, 11) is 0. The molecule has 6 rings (SSSR count). The summed E-state index contributed by atoms with van der Waals surface area (Å²) in [5, 5.41) is 17.5. The highest BCUT2D eigenvalue weighted by Crippen LogP contribution is 2.39. The summed E-state index contributed by atoms with van der Waals surface area (Å²) >= 11 is 0. The van der Waals surface area contributed by atoms with Gasteiger partial charge in [0.05, 0.1) is 30.3 Å². The van der Waals surface area contributed by atoms with E-state index < -0.39 is 6.17 Å². The highest BCUT2D eigenvalue weighted by molar-refractivity contribution is 6.01. The lowest BCUT2D eigenvalue weighted by molar-refractivity contribution is 0.0667. The van der Waals surface area contributed by atoms with E-state index in [2.05, 4.69) is 11.4 Å². The average Bonchev–Trinajstić information content (AvgIpc) is 3.56. The molecule has 1 aromatic heterocycles. The maximum Gasteiger partial charge on any atom is 0.258 e. The zero-order valence-corrected chi connectivity index (χ0v) is 19.4. The van der Waals surface area contributed by atoms with Crippen molar-refractivity contribution in [1.82, 2.24) is 14.7 Å². The maximum absolute atomic E-state index is 13.8. The number of para-hydroxylation sites is 1. The van der Waals surface area contributed by atoms with Gasteiger partial charge in [0.2, 0.25) is 6.79 Å². The molecule has 1 atom stereocenters. The molecule has 4 aromatic rings. The molecule has 0 fully saturated rings. The van der Waals surface area contributed by atoms with Gasteiger partial charge >= 0.3 is 0 Å². The van der Waals surface area contributed by atoms with E-state index in [0.29, 0.717) is 36.6 Å². The zero-order chi connectivity index (χ0) is 24.5. The van der Waals surface area contributed by atoms with Gasteiger partial charge in [-0.1, -0.05) is 48.5 Å². The van der Waals surface area contributed by atoms with E-state index in [1.807, 2.05) is 83.9 Å². The molecule has 0 spiro atoms. The lowest BCUT2D eigenvalue weighted by Crippen LogP contribution is -2.42. The first-order chi connectivity index (χ1) is 17.7. The number of hydrogen-bond acceptors (Lipinski definition) is 6. The normalized spacial score (nSPS) is 15.8. The number of carbonyl (C=O) groups is 1. The molecule has 2 aliphatic heterocycles. The fraction of sp³-hybridized carbons (Fsp3) is 0.179. The Labute approximate surface area is 208 Å². The number of fused-ring (bicyclic) bond motifs is 2. The molecular formula is C28H23N5O3. The van der Waals surface area contributed by atoms with Crippen LogP contribution < -0.4 is 14.8 Å². The molecule has 178 valence electrons. The van der Waals surface area contributed by atoms with Crippen LogP contribution in [0.3, 0.4) is 0 Å². The third-order valence-corrected chi connectivity index (χ3v) is 6.40. The van der Waals surface area contributed by atoms with Gasteiger partial charge in [0, 0.05) is 29.6 Å². The molecule has 3 aromatic carbocycles. The molecule has 0 radical (unpaired) electrons. The molecule has 1 N–H and O–H groups in total. The van der Waals surface area contributed by atoms with Crippen molar-refractivity contribution in [3.63, 3.8) is 0 Å². The van der Waals surface area contributed by atoms with E-state index in [1.54, 1.807) is 4.68 Å². The Hall–Kier alpha value is -4.77. The lowest BCUT2D eigenvalue weighted by atomic mass is 10.0. The van der Waals surface area contributed by atoms with Crippen LogP contribution in [0.4, 0.5) is 5.69 Å². The van der Waals surface area contributed by atoms with Crippen molar-refractivity contribution >= 4 is 11.6 Å². The zero-order valence-electron chi connectivity index (χ0n) is 19.4. The van der Waals surface area contributed by atoms with Crippen LogP contribution in [0.1, 0.15) is 34.1 Å². The number of nitriles is 1. The molecule has 1 amide bonds. The number of aromatic nitrogens is 2. The van der Waals surface area contributed by atoms with E-state index in [-0.39, 0.29) is 12.7 Å². The van der Waals surface area contributed by atoms with Crippen LogP contribution in [0, 0.1) is 11.3 Å². The van der Waals surface area contributed by atoms with Crippen molar-refractivity contribution in [2.24, 2.45) is 0 Å². The van der Waals surface area contributed by atoms with Crippen molar-refractivity contribution in [2.45, 2.75) is 25.7 Å². The third kappa shape index (κ3) is 3.91. The van der Waals surface area contributed by atoms with E-state index >= 15 is 0 Å². The lowest BCUT2D eigenvalue weighted by Gasteiger charge is -2.38. The summed E-state index contributed by atoms with van der Waals surface area (Å²) < 4.78 is 12.8. The summed E-state index contributed by atoms with van der Waals surface area (Å²) in [6, 6.07) is 25.4. The standard InChI is InChI=1S/C28H23N5O3/c29-13-6-14-32-17-22(26(31-32)20-7-2-1-3-8-20)27-30-23-10-5-4-9-21(23)28(34)33(27)16-19-11-12-24-25(15-19)36-18-35-24/h1-5,7-12,15,17,27,30H,6,14,16,18H2/t27-/m0/s1. The number of amides is 1. The van der Waals surface area contributed by atoms with Gasteiger partial charge in [-0.3, -0.25) is 9.48 Å². The Morgan fingerprint density at radius 3 is 2.69 bits per heavy atom. The first-order valence-corrected chi connectivity index (χ1v) is 11.8. The molecule has 0 bridgehead atoms. The van der Waals surface area contributed by atoms with E-state index in [4.69, 9.17) is 19.8 Å². The summed E-state index contributed by atoms with van der Waals surface area (Å²) in [5.74, 6) is 1.31. The fourth-order valence-electron chi connectivity index (χ4n) is 4.67. The monoisotopic (exact) mass is 477 g/mol. The van der Waals surface area contributed by atoms with Gasteiger partial charge in [0.25, 0.3) is 5.91 Å². The van der Waals surface area contributed by atoms with Crippen LogP contribution in [0.5, 0.6) is 11.5 Å². The van der Waals surface area contributed by atoms with Gasteiger partial charge in [-0.05, 0) is 29.8 Å². The van der Waals surface area contributed by atoms with Crippen LogP contribution in [0.15, 0.2) is 79.0 Å². The number of anilines is 1. The van der Waals surface area contributed by atoms with Crippen LogP contribution in [-0.2, 0) is 13.1 Å². The summed E-state index contributed by atoms with van der Waals surface area (Å²) in [6.45, 7) is 1.02. The van der Waals surface area contributed by atoms with Gasteiger partial charge < -0.3 is 19.7 Å². The Balaban J connectivity index is 1.45. The Morgan fingerprint density at radius 1 is 1.03 bits per heavy atom. The minimum absolute atomic E-state index is 0.0733. The number of aryl methyl sites for hydroxylation is 1. The van der Waals surface area contributed by atoms with Crippen molar-refractivity contribution in [2.75, 3.05) is 12.1 Å². The second kappa shape index (κ2) is 9.12. The molecule has 0 unspecified atom stereocenters. The van der Waals surface area contributed by atoms with Crippen LogP contribution in [0.25, 0.3) is 11.3 Å². The van der Waals surface area contributed by atoms with E-state index in [0.717, 1.165) is 28.1 Å². The van der Waals surface area contributed by atoms with Crippen LogP contribution in [-0.4, -0.2) is 27.4 Å². The highest BCUT2D eigenvalue weighted by atomic mass is 16.7. The maximum atomic E-state index is 13.8. The number of hydrogen-bond donors (Lipinski definition) is 1. The highest BCUT2D eigenvalue weighted by Gasteiger charge is 2.35. The second-order valence-electron chi connectivity index (χ2n) is 8.68. The van der Waals surface area contributed by atoms with Crippen molar-refractivity contribution in [3.8, 4) is 28.8 Å². The van der Waals surface area contributed by atoms with Crippen molar-refractivity contribution in [1.29, 1.82) is 5.26 Å². The van der Waals surface area contributed by atoms with Crippen molar-refractivity contribution in [3.05, 3.63) is 95.7 Å². The molecule has 0 saturated carbocycles. The SMILES string of the molecule is N#CCCn1cc([C@H]2Nc3ccccc3C(=O)N2Cc2ccc3c(c2)OCO3)c(-c2ccccc2)n1. The molecule has 3 heterocycles. The third-order valence-electron chi connectivity index (χ3n) is 6.40. The summed E-state index contributed by atoms with van der Waals surface area (Å²) in [4.78, 5) is 15.6. The van der Waals surface area contributed by atoms with Gasteiger partial charge in [0.1, 0.15) is 6.17 Å². The predicted molar refractivity (Wildman–Crippen MR) is 133 cm³/mol. The molecule has 0 saturated heterocycles. The molecule has 8 nitrogen and oxygen atoms in total. The Morgan fingerprint density at radius 2 is 1.83 bits per heavy atom. The molecule has 2 aliphatic rings. The molecule has 8 heteroatoms. The summed E-state index contributed by atoms with van der Waals surface area (Å²) in [5.41, 5.74) is 4.90. The van der Waals surface area contributed by atoms with Gasteiger partial charge in [0.15, 0.2) is 11.5 Å². The number of benzene rings is 3. The molecule has 36 heavy (non-hydrogen) atoms. The first kappa shape index (κ1) is 21.7. The molecule has 0 aliphatic carbocycles. The van der Waals surface area contributed by atoms with Gasteiger partial charge in [-0.25, -0.2) is 0 Å². The van der Waals surface area contributed by atoms with Gasteiger partial charge in [-0.15, -0.1) is 0 Å². The number of rotatable bonds is 6. The quantitative estimate of drug-likeness (QED) is 0.422. The minimum atomic E-state index is -0.469.